The van der Waals surface area contributed by atoms with Gasteiger partial charge in [-0.25, -0.2) is 14.4 Å². The largest absolute Gasteiger partial charge is 0.463 e. The van der Waals surface area contributed by atoms with Crippen molar-refractivity contribution < 1.29 is 28.6 Å². The molecule has 0 fully saturated rings. The zero-order valence-electron chi connectivity index (χ0n) is 17.6. The molecule has 0 saturated carbocycles. The zero-order chi connectivity index (χ0) is 21.8. The second kappa shape index (κ2) is 13.2. The molecule has 2 aliphatic rings. The van der Waals surface area contributed by atoms with E-state index in [1.807, 2.05) is 20.0 Å². The molecule has 29 heavy (non-hydrogen) atoms. The maximum Gasteiger partial charge on any atom is 0.411 e. The molecule has 0 aromatic heterocycles. The molecule has 0 aliphatic carbocycles. The van der Waals surface area contributed by atoms with E-state index < -0.39 is 11.7 Å². The van der Waals surface area contributed by atoms with Crippen LogP contribution in [0.4, 0.5) is 4.79 Å². The van der Waals surface area contributed by atoms with E-state index in [4.69, 9.17) is 25.8 Å². The summed E-state index contributed by atoms with van der Waals surface area (Å²) in [6, 6.07) is 0. The molecule has 164 valence electrons. The summed E-state index contributed by atoms with van der Waals surface area (Å²) in [7, 11) is 2.04. The third-order valence-electron chi connectivity index (χ3n) is 4.22. The van der Waals surface area contributed by atoms with Crippen LogP contribution in [0, 0.1) is 0 Å². The van der Waals surface area contributed by atoms with E-state index in [-0.39, 0.29) is 11.9 Å². The van der Waals surface area contributed by atoms with Gasteiger partial charge in [0.2, 0.25) is 0 Å². The van der Waals surface area contributed by atoms with Crippen molar-refractivity contribution in [1.82, 2.24) is 9.80 Å². The number of amides is 1. The predicted octanol–water partition coefficient (Wildman–Crippen LogP) is 2.71. The van der Waals surface area contributed by atoms with Gasteiger partial charge in [-0.1, -0.05) is 23.8 Å². The van der Waals surface area contributed by atoms with Crippen molar-refractivity contribution in [3.05, 3.63) is 23.3 Å². The number of ether oxygens (including phenoxy) is 3. The Hall–Kier alpha value is -2.06. The van der Waals surface area contributed by atoms with Crippen molar-refractivity contribution in [2.24, 2.45) is 0 Å². The highest BCUT2D eigenvalue weighted by molar-refractivity contribution is 6.19. The molecule has 2 rings (SSSR count). The molecular formula is C20H31ClN2O6. The fourth-order valence-corrected chi connectivity index (χ4v) is 2.71. The molecule has 0 aromatic carbocycles. The van der Waals surface area contributed by atoms with E-state index in [0.717, 1.165) is 25.1 Å². The molecular weight excluding hydrogens is 400 g/mol. The highest BCUT2D eigenvalue weighted by Crippen LogP contribution is 2.14. The van der Waals surface area contributed by atoms with E-state index >= 15 is 0 Å². The van der Waals surface area contributed by atoms with Gasteiger partial charge in [0.15, 0.2) is 5.56 Å². The SMILES string of the molecule is CCOC(=O)C1=CCN(C(=O)OC(C)Cl)CC1.CCOC(=O)C1=CCN(C)CC1. The van der Waals surface area contributed by atoms with Crippen molar-refractivity contribution in [2.45, 2.75) is 39.2 Å². The number of hydrogen-bond donors (Lipinski definition) is 0. The smallest absolute Gasteiger partial charge is 0.411 e. The van der Waals surface area contributed by atoms with Crippen LogP contribution in [-0.4, -0.2) is 79.8 Å². The Morgan fingerprint density at radius 1 is 1.00 bits per heavy atom. The summed E-state index contributed by atoms with van der Waals surface area (Å²) in [5.41, 5.74) is 0.780. The highest BCUT2D eigenvalue weighted by Gasteiger charge is 2.22. The lowest BCUT2D eigenvalue weighted by Gasteiger charge is -2.25. The molecule has 0 spiro atoms. The van der Waals surface area contributed by atoms with Crippen LogP contribution in [0.2, 0.25) is 0 Å². The molecule has 0 bridgehead atoms. The Kier molecular flexibility index (Phi) is 11.4. The lowest BCUT2D eigenvalue weighted by atomic mass is 10.1. The first-order valence-electron chi connectivity index (χ1n) is 9.78. The molecule has 0 N–H and O–H groups in total. The van der Waals surface area contributed by atoms with E-state index in [2.05, 4.69) is 4.90 Å². The van der Waals surface area contributed by atoms with Gasteiger partial charge in [0, 0.05) is 37.3 Å². The third-order valence-corrected chi connectivity index (χ3v) is 4.31. The topological polar surface area (TPSA) is 85.4 Å². The van der Waals surface area contributed by atoms with Crippen LogP contribution in [0.5, 0.6) is 0 Å². The van der Waals surface area contributed by atoms with E-state index in [1.165, 1.54) is 4.90 Å². The van der Waals surface area contributed by atoms with Crippen LogP contribution in [0.1, 0.15) is 33.6 Å². The quantitative estimate of drug-likeness (QED) is 0.376. The number of likely N-dealkylation sites (N-methyl/N-ethyl adjacent to an activating group) is 1. The average molecular weight is 431 g/mol. The summed E-state index contributed by atoms with van der Waals surface area (Å²) < 4.78 is 14.6. The van der Waals surface area contributed by atoms with Crippen molar-refractivity contribution in [3.8, 4) is 0 Å². The first-order valence-corrected chi connectivity index (χ1v) is 10.2. The summed E-state index contributed by atoms with van der Waals surface area (Å²) >= 11 is 5.55. The number of carbonyl (C=O) groups is 3. The number of hydrogen-bond acceptors (Lipinski definition) is 7. The van der Waals surface area contributed by atoms with Gasteiger partial charge in [-0.3, -0.25) is 0 Å². The van der Waals surface area contributed by atoms with E-state index in [0.29, 0.717) is 38.3 Å². The van der Waals surface area contributed by atoms with Gasteiger partial charge in [0.1, 0.15) is 0 Å². The van der Waals surface area contributed by atoms with Crippen molar-refractivity contribution in [1.29, 1.82) is 0 Å². The normalized spacial score (nSPS) is 17.8. The maximum absolute atomic E-state index is 11.5. The molecule has 0 radical (unpaired) electrons. The lowest BCUT2D eigenvalue weighted by Crippen LogP contribution is -2.37. The van der Waals surface area contributed by atoms with Gasteiger partial charge in [-0.15, -0.1) is 0 Å². The van der Waals surface area contributed by atoms with Crippen LogP contribution in [0.25, 0.3) is 0 Å². The number of halogens is 1. The van der Waals surface area contributed by atoms with Crippen molar-refractivity contribution in [3.63, 3.8) is 0 Å². The molecule has 1 atom stereocenters. The van der Waals surface area contributed by atoms with Gasteiger partial charge in [0.25, 0.3) is 0 Å². The molecule has 9 heteroatoms. The molecule has 1 unspecified atom stereocenters. The van der Waals surface area contributed by atoms with Gasteiger partial charge in [-0.2, -0.15) is 0 Å². The molecule has 0 saturated heterocycles. The van der Waals surface area contributed by atoms with Crippen LogP contribution in [0.15, 0.2) is 23.3 Å². The van der Waals surface area contributed by atoms with Crippen LogP contribution < -0.4 is 0 Å². The van der Waals surface area contributed by atoms with E-state index in [9.17, 15) is 14.4 Å². The zero-order valence-corrected chi connectivity index (χ0v) is 18.4. The number of rotatable bonds is 5. The first kappa shape index (κ1) is 25.0. The minimum Gasteiger partial charge on any atom is -0.463 e. The second-order valence-corrected chi connectivity index (χ2v) is 7.15. The monoisotopic (exact) mass is 430 g/mol. The summed E-state index contributed by atoms with van der Waals surface area (Å²) in [4.78, 5) is 37.7. The van der Waals surface area contributed by atoms with Crippen molar-refractivity contribution in [2.75, 3.05) is 46.4 Å². The fraction of sp³-hybridized carbons (Fsp3) is 0.650. The Morgan fingerprint density at radius 2 is 1.52 bits per heavy atom. The molecule has 1 amide bonds. The Morgan fingerprint density at radius 3 is 1.90 bits per heavy atom. The fourth-order valence-electron chi connectivity index (χ4n) is 2.64. The number of carbonyl (C=O) groups excluding carboxylic acids is 3. The average Bonchev–Trinajstić information content (AvgIpc) is 2.69. The minimum absolute atomic E-state index is 0.148. The Bertz CT molecular complexity index is 632. The lowest BCUT2D eigenvalue weighted by molar-refractivity contribution is -0.139. The third kappa shape index (κ3) is 9.32. The minimum atomic E-state index is -0.655. The molecule has 2 heterocycles. The summed E-state index contributed by atoms with van der Waals surface area (Å²) in [5, 5.41) is 0. The Balaban J connectivity index is 0.000000308. The molecule has 2 aliphatic heterocycles. The highest BCUT2D eigenvalue weighted by atomic mass is 35.5. The van der Waals surface area contributed by atoms with Crippen molar-refractivity contribution >= 4 is 29.6 Å². The summed E-state index contributed by atoms with van der Waals surface area (Å²) in [6.45, 7) is 8.56. The number of nitrogens with zero attached hydrogens (tertiary/aromatic N) is 2. The van der Waals surface area contributed by atoms with Gasteiger partial charge < -0.3 is 24.0 Å². The van der Waals surface area contributed by atoms with Crippen LogP contribution in [-0.2, 0) is 23.8 Å². The van der Waals surface area contributed by atoms with Gasteiger partial charge in [-0.05, 0) is 40.7 Å². The first-order chi connectivity index (χ1) is 13.8. The van der Waals surface area contributed by atoms with Gasteiger partial charge in [0.05, 0.1) is 13.2 Å². The van der Waals surface area contributed by atoms with Gasteiger partial charge >= 0.3 is 18.0 Å². The molecule has 0 aromatic rings. The van der Waals surface area contributed by atoms with E-state index in [1.54, 1.807) is 19.9 Å². The molecule has 8 nitrogen and oxygen atoms in total. The Labute approximate surface area is 177 Å². The standard InChI is InChI=1S/C11H16ClNO4.C9H15NO2/c1-3-16-10(14)9-4-6-13(7-5-9)11(15)17-8(2)12;1-3-12-9(11)8-4-6-10(2)7-5-8/h4,8H,3,5-7H2,1-2H3;4H,3,5-7H2,1-2H3. The summed E-state index contributed by atoms with van der Waals surface area (Å²) in [6.07, 6.45) is 4.45. The predicted molar refractivity (Wildman–Crippen MR) is 110 cm³/mol. The van der Waals surface area contributed by atoms with Crippen LogP contribution in [0.3, 0.4) is 0 Å². The van der Waals surface area contributed by atoms with Crippen LogP contribution >= 0.6 is 11.6 Å². The maximum atomic E-state index is 11.5. The number of esters is 2. The second-order valence-electron chi connectivity index (χ2n) is 6.53. The summed E-state index contributed by atoms with van der Waals surface area (Å²) in [5.74, 6) is -0.461. The number of alkyl halides is 1.